The van der Waals surface area contributed by atoms with Gasteiger partial charge in [-0.2, -0.15) is 0 Å². The third kappa shape index (κ3) is 2.10. The first-order valence-corrected chi connectivity index (χ1v) is 4.88. The van der Waals surface area contributed by atoms with Crippen LogP contribution in [0.5, 0.6) is 5.75 Å². The van der Waals surface area contributed by atoms with Crippen molar-refractivity contribution in [3.8, 4) is 5.75 Å². The maximum atomic E-state index is 9.60. The minimum absolute atomic E-state index is 0.265. The topological polar surface area (TPSA) is 32.3 Å². The van der Waals surface area contributed by atoms with Gasteiger partial charge in [-0.3, -0.25) is 0 Å². The predicted molar refractivity (Wildman–Crippen MR) is 62.6 cm³/mol. The molecular formula is C13H13NO. The number of phenolic OH excluding ortho intramolecular Hbond substituents is 1. The van der Waals surface area contributed by atoms with Crippen molar-refractivity contribution in [2.24, 2.45) is 0 Å². The Hall–Kier alpha value is -1.96. The van der Waals surface area contributed by atoms with E-state index in [1.165, 1.54) is 0 Å². The van der Waals surface area contributed by atoms with Gasteiger partial charge in [-0.15, -0.1) is 0 Å². The SMILES string of the molecule is Cc1ccccc1Nc1ccccc1O. The first-order chi connectivity index (χ1) is 7.27. The van der Waals surface area contributed by atoms with Crippen molar-refractivity contribution in [2.75, 3.05) is 5.32 Å². The summed E-state index contributed by atoms with van der Waals surface area (Å²) < 4.78 is 0. The lowest BCUT2D eigenvalue weighted by molar-refractivity contribution is 0.478. The molecule has 2 aromatic rings. The Morgan fingerprint density at radius 3 is 2.13 bits per heavy atom. The van der Waals surface area contributed by atoms with Gasteiger partial charge in [-0.1, -0.05) is 30.3 Å². The molecule has 0 amide bonds. The van der Waals surface area contributed by atoms with Crippen molar-refractivity contribution in [3.63, 3.8) is 0 Å². The second-order valence-electron chi connectivity index (χ2n) is 3.46. The summed E-state index contributed by atoms with van der Waals surface area (Å²) in [6.45, 7) is 2.03. The molecule has 0 spiro atoms. The lowest BCUT2D eigenvalue weighted by Gasteiger charge is -2.10. The summed E-state index contributed by atoms with van der Waals surface area (Å²) >= 11 is 0. The van der Waals surface area contributed by atoms with Crippen molar-refractivity contribution in [1.29, 1.82) is 0 Å². The normalized spacial score (nSPS) is 9.93. The summed E-state index contributed by atoms with van der Waals surface area (Å²) in [4.78, 5) is 0. The fourth-order valence-electron chi connectivity index (χ4n) is 1.44. The summed E-state index contributed by atoms with van der Waals surface area (Å²) in [5, 5.41) is 12.8. The van der Waals surface area contributed by atoms with E-state index in [1.807, 2.05) is 43.3 Å². The van der Waals surface area contributed by atoms with Gasteiger partial charge in [0.2, 0.25) is 0 Å². The van der Waals surface area contributed by atoms with Crippen molar-refractivity contribution >= 4 is 11.4 Å². The molecule has 0 heterocycles. The lowest BCUT2D eigenvalue weighted by atomic mass is 10.2. The van der Waals surface area contributed by atoms with Gasteiger partial charge in [0, 0.05) is 5.69 Å². The zero-order valence-electron chi connectivity index (χ0n) is 8.57. The molecule has 2 N–H and O–H groups in total. The fraction of sp³-hybridized carbons (Fsp3) is 0.0769. The largest absolute Gasteiger partial charge is 0.506 e. The van der Waals surface area contributed by atoms with Crippen LogP contribution in [0.1, 0.15) is 5.56 Å². The number of para-hydroxylation sites is 3. The molecule has 15 heavy (non-hydrogen) atoms. The number of aryl methyl sites for hydroxylation is 1. The smallest absolute Gasteiger partial charge is 0.139 e. The van der Waals surface area contributed by atoms with E-state index in [4.69, 9.17) is 0 Å². The third-order valence-electron chi connectivity index (χ3n) is 2.32. The molecule has 0 atom stereocenters. The third-order valence-corrected chi connectivity index (χ3v) is 2.32. The maximum absolute atomic E-state index is 9.60. The van der Waals surface area contributed by atoms with Crippen LogP contribution in [-0.2, 0) is 0 Å². The fourth-order valence-corrected chi connectivity index (χ4v) is 1.44. The average Bonchev–Trinajstić information content (AvgIpc) is 2.24. The van der Waals surface area contributed by atoms with Gasteiger partial charge in [0.1, 0.15) is 5.75 Å². The highest BCUT2D eigenvalue weighted by molar-refractivity contribution is 5.67. The molecule has 2 nitrogen and oxygen atoms in total. The van der Waals surface area contributed by atoms with E-state index in [2.05, 4.69) is 5.32 Å². The number of nitrogens with one attached hydrogen (secondary N) is 1. The van der Waals surface area contributed by atoms with E-state index in [-0.39, 0.29) is 5.75 Å². The molecule has 0 aliphatic heterocycles. The van der Waals surface area contributed by atoms with E-state index in [0.717, 1.165) is 16.9 Å². The van der Waals surface area contributed by atoms with Crippen LogP contribution in [0, 0.1) is 6.92 Å². The van der Waals surface area contributed by atoms with Gasteiger partial charge in [0.15, 0.2) is 0 Å². The molecule has 0 fully saturated rings. The Labute approximate surface area is 89.2 Å². The van der Waals surface area contributed by atoms with Crippen LogP contribution < -0.4 is 5.32 Å². The molecule has 0 bridgehead atoms. The van der Waals surface area contributed by atoms with Crippen molar-refractivity contribution in [1.82, 2.24) is 0 Å². The molecular weight excluding hydrogens is 186 g/mol. The Morgan fingerprint density at radius 1 is 0.867 bits per heavy atom. The van der Waals surface area contributed by atoms with Crippen LogP contribution >= 0.6 is 0 Å². The standard InChI is InChI=1S/C13H13NO/c1-10-6-2-3-7-11(10)14-12-8-4-5-9-13(12)15/h2-9,14-15H,1H3. The zero-order valence-corrected chi connectivity index (χ0v) is 8.57. The summed E-state index contributed by atoms with van der Waals surface area (Å²) in [6, 6.07) is 15.2. The zero-order chi connectivity index (χ0) is 10.7. The maximum Gasteiger partial charge on any atom is 0.139 e. The first-order valence-electron chi connectivity index (χ1n) is 4.88. The lowest BCUT2D eigenvalue weighted by Crippen LogP contribution is -1.92. The number of benzene rings is 2. The van der Waals surface area contributed by atoms with Crippen LogP contribution in [0.3, 0.4) is 0 Å². The van der Waals surface area contributed by atoms with Gasteiger partial charge in [0.25, 0.3) is 0 Å². The van der Waals surface area contributed by atoms with Gasteiger partial charge in [0.05, 0.1) is 5.69 Å². The Bertz CT molecular complexity index is 422. The summed E-state index contributed by atoms with van der Waals surface area (Å²) in [5.41, 5.74) is 2.89. The molecule has 2 aromatic carbocycles. The number of hydrogen-bond acceptors (Lipinski definition) is 2. The predicted octanol–water partition coefficient (Wildman–Crippen LogP) is 3.44. The highest BCUT2D eigenvalue weighted by Gasteiger charge is 2.01. The van der Waals surface area contributed by atoms with E-state index >= 15 is 0 Å². The van der Waals surface area contributed by atoms with E-state index < -0.39 is 0 Å². The van der Waals surface area contributed by atoms with Gasteiger partial charge < -0.3 is 10.4 Å². The summed E-state index contributed by atoms with van der Waals surface area (Å²) in [6.07, 6.45) is 0. The molecule has 0 aromatic heterocycles. The van der Waals surface area contributed by atoms with Crippen molar-refractivity contribution in [2.45, 2.75) is 6.92 Å². The highest BCUT2D eigenvalue weighted by atomic mass is 16.3. The Balaban J connectivity index is 2.30. The van der Waals surface area contributed by atoms with Gasteiger partial charge in [-0.25, -0.2) is 0 Å². The van der Waals surface area contributed by atoms with Crippen LogP contribution in [0.25, 0.3) is 0 Å². The first kappa shape index (κ1) is 9.59. The van der Waals surface area contributed by atoms with Gasteiger partial charge >= 0.3 is 0 Å². The number of phenols is 1. The molecule has 76 valence electrons. The quantitative estimate of drug-likeness (QED) is 0.726. The second kappa shape index (κ2) is 4.05. The van der Waals surface area contributed by atoms with E-state index in [9.17, 15) is 5.11 Å². The molecule has 0 radical (unpaired) electrons. The van der Waals surface area contributed by atoms with Crippen LogP contribution in [-0.4, -0.2) is 5.11 Å². The summed E-state index contributed by atoms with van der Waals surface area (Å²) in [5.74, 6) is 0.265. The van der Waals surface area contributed by atoms with E-state index in [0.29, 0.717) is 0 Å². The highest BCUT2D eigenvalue weighted by Crippen LogP contribution is 2.27. The average molecular weight is 199 g/mol. The Morgan fingerprint density at radius 2 is 1.47 bits per heavy atom. The minimum Gasteiger partial charge on any atom is -0.506 e. The Kier molecular flexibility index (Phi) is 2.59. The van der Waals surface area contributed by atoms with Gasteiger partial charge in [-0.05, 0) is 30.7 Å². The van der Waals surface area contributed by atoms with E-state index in [1.54, 1.807) is 12.1 Å². The molecule has 0 saturated heterocycles. The molecule has 0 saturated carbocycles. The molecule has 2 rings (SSSR count). The minimum atomic E-state index is 0.265. The number of rotatable bonds is 2. The number of anilines is 2. The van der Waals surface area contributed by atoms with Crippen LogP contribution in [0.4, 0.5) is 11.4 Å². The number of hydrogen-bond donors (Lipinski definition) is 2. The van der Waals surface area contributed by atoms with Crippen molar-refractivity contribution in [3.05, 3.63) is 54.1 Å². The monoisotopic (exact) mass is 199 g/mol. The molecule has 0 aliphatic carbocycles. The van der Waals surface area contributed by atoms with Crippen molar-refractivity contribution < 1.29 is 5.11 Å². The molecule has 2 heteroatoms. The van der Waals surface area contributed by atoms with Crippen LogP contribution in [0.2, 0.25) is 0 Å². The number of aromatic hydroxyl groups is 1. The second-order valence-corrected chi connectivity index (χ2v) is 3.46. The summed E-state index contributed by atoms with van der Waals surface area (Å²) in [7, 11) is 0. The molecule has 0 unspecified atom stereocenters. The van der Waals surface area contributed by atoms with Crippen LogP contribution in [0.15, 0.2) is 48.5 Å². The molecule has 0 aliphatic rings.